The van der Waals surface area contributed by atoms with Gasteiger partial charge in [0.05, 0.1) is 12.5 Å². The van der Waals surface area contributed by atoms with Crippen LogP contribution in [-0.2, 0) is 5.41 Å². The van der Waals surface area contributed by atoms with Gasteiger partial charge in [0.1, 0.15) is 17.5 Å². The van der Waals surface area contributed by atoms with E-state index in [4.69, 9.17) is 10.2 Å². The number of nitrogens with zero attached hydrogens (tertiary/aromatic N) is 4. The van der Waals surface area contributed by atoms with E-state index in [1.807, 2.05) is 6.07 Å². The number of nitrogens with one attached hydrogen (secondary N) is 1. The van der Waals surface area contributed by atoms with E-state index in [9.17, 15) is 0 Å². The highest BCUT2D eigenvalue weighted by atomic mass is 15.2. The molecular formula is C16H25N5. The Bertz CT molecular complexity index is 522. The first-order chi connectivity index (χ1) is 9.95. The van der Waals surface area contributed by atoms with Crippen LogP contribution in [0.25, 0.3) is 0 Å². The fraction of sp³-hybridized carbons (Fsp3) is 0.688. The van der Waals surface area contributed by atoms with E-state index in [-0.39, 0.29) is 5.41 Å². The summed E-state index contributed by atoms with van der Waals surface area (Å²) in [7, 11) is 0. The molecule has 1 aromatic heterocycles. The van der Waals surface area contributed by atoms with E-state index in [2.05, 4.69) is 49.0 Å². The topological polar surface area (TPSA) is 64.8 Å². The van der Waals surface area contributed by atoms with Crippen LogP contribution in [0.5, 0.6) is 0 Å². The van der Waals surface area contributed by atoms with Gasteiger partial charge in [0.2, 0.25) is 0 Å². The molecule has 2 rings (SSSR count). The molecule has 1 saturated carbocycles. The van der Waals surface area contributed by atoms with E-state index in [1.54, 1.807) is 0 Å². The predicted octanol–water partition coefficient (Wildman–Crippen LogP) is 3.09. The van der Waals surface area contributed by atoms with Crippen molar-refractivity contribution in [3.63, 3.8) is 0 Å². The van der Waals surface area contributed by atoms with Gasteiger partial charge in [-0.1, -0.05) is 20.8 Å². The Kier molecular flexibility index (Phi) is 4.66. The minimum atomic E-state index is -0.0926. The molecule has 1 heterocycles. The van der Waals surface area contributed by atoms with Gasteiger partial charge in [0.25, 0.3) is 0 Å². The van der Waals surface area contributed by atoms with Gasteiger partial charge in [-0.05, 0) is 19.8 Å². The maximum Gasteiger partial charge on any atom is 0.138 e. The first kappa shape index (κ1) is 15.6. The molecule has 1 N–H and O–H groups in total. The zero-order valence-corrected chi connectivity index (χ0v) is 13.5. The number of aromatic nitrogens is 2. The van der Waals surface area contributed by atoms with Crippen molar-refractivity contribution < 1.29 is 0 Å². The first-order valence-corrected chi connectivity index (χ1v) is 7.72. The Morgan fingerprint density at radius 3 is 2.62 bits per heavy atom. The van der Waals surface area contributed by atoms with Crippen LogP contribution in [0, 0.1) is 11.3 Å². The van der Waals surface area contributed by atoms with Crippen LogP contribution in [0.1, 0.15) is 52.8 Å². The average Bonchev–Trinajstić information content (AvgIpc) is 3.23. The molecule has 0 radical (unpaired) electrons. The molecule has 1 fully saturated rings. The van der Waals surface area contributed by atoms with Crippen molar-refractivity contribution in [1.82, 2.24) is 9.97 Å². The zero-order valence-electron chi connectivity index (χ0n) is 13.5. The highest BCUT2D eigenvalue weighted by Gasteiger charge is 2.31. The Hall–Kier alpha value is -1.83. The lowest BCUT2D eigenvalue weighted by molar-refractivity contribution is 0.544. The molecule has 1 aliphatic rings. The van der Waals surface area contributed by atoms with Crippen LogP contribution >= 0.6 is 0 Å². The monoisotopic (exact) mass is 287 g/mol. The molecule has 114 valence electrons. The molecule has 0 aliphatic heterocycles. The van der Waals surface area contributed by atoms with Crippen molar-refractivity contribution in [2.45, 2.75) is 58.4 Å². The summed E-state index contributed by atoms with van der Waals surface area (Å²) in [4.78, 5) is 11.7. The standard InChI is InChI=1S/C16H25N5/c1-5-18-13-11-14(20-15(19-13)16(2,3)4)21(10-6-9-17)12-7-8-12/h11-12H,5-8,10H2,1-4H3,(H,18,19,20). The van der Waals surface area contributed by atoms with Crippen LogP contribution in [0.4, 0.5) is 11.6 Å². The summed E-state index contributed by atoms with van der Waals surface area (Å²) in [6, 6.07) is 4.78. The minimum absolute atomic E-state index is 0.0926. The molecule has 1 aromatic rings. The summed E-state index contributed by atoms with van der Waals surface area (Å²) in [5, 5.41) is 12.2. The fourth-order valence-electron chi connectivity index (χ4n) is 2.23. The zero-order chi connectivity index (χ0) is 15.5. The highest BCUT2D eigenvalue weighted by molar-refractivity contribution is 5.51. The molecule has 5 heteroatoms. The molecule has 0 bridgehead atoms. The average molecular weight is 287 g/mol. The van der Waals surface area contributed by atoms with Crippen molar-refractivity contribution in [3.05, 3.63) is 11.9 Å². The second-order valence-corrected chi connectivity index (χ2v) is 6.55. The Morgan fingerprint density at radius 1 is 1.38 bits per heavy atom. The van der Waals surface area contributed by atoms with E-state index in [0.29, 0.717) is 12.5 Å². The number of rotatable bonds is 6. The third-order valence-corrected chi connectivity index (χ3v) is 3.49. The first-order valence-electron chi connectivity index (χ1n) is 7.72. The largest absolute Gasteiger partial charge is 0.370 e. The van der Waals surface area contributed by atoms with Gasteiger partial charge in [-0.25, -0.2) is 9.97 Å². The maximum atomic E-state index is 8.87. The molecular weight excluding hydrogens is 262 g/mol. The van der Waals surface area contributed by atoms with Crippen molar-refractivity contribution >= 4 is 11.6 Å². The number of hydrogen-bond acceptors (Lipinski definition) is 5. The quantitative estimate of drug-likeness (QED) is 0.871. The summed E-state index contributed by atoms with van der Waals surface area (Å²) in [5.41, 5.74) is -0.0926. The molecule has 21 heavy (non-hydrogen) atoms. The molecule has 0 atom stereocenters. The van der Waals surface area contributed by atoms with E-state index in [1.165, 1.54) is 12.8 Å². The molecule has 0 unspecified atom stereocenters. The summed E-state index contributed by atoms with van der Waals surface area (Å²) in [5.74, 6) is 2.66. The summed E-state index contributed by atoms with van der Waals surface area (Å²) in [6.07, 6.45) is 2.91. The lowest BCUT2D eigenvalue weighted by Crippen LogP contribution is -2.29. The summed E-state index contributed by atoms with van der Waals surface area (Å²) in [6.45, 7) is 10.0. The normalized spacial score (nSPS) is 14.6. The fourth-order valence-corrected chi connectivity index (χ4v) is 2.23. The van der Waals surface area contributed by atoms with Crippen LogP contribution in [0.3, 0.4) is 0 Å². The minimum Gasteiger partial charge on any atom is -0.370 e. The number of anilines is 2. The van der Waals surface area contributed by atoms with Crippen LogP contribution in [0.2, 0.25) is 0 Å². The highest BCUT2D eigenvalue weighted by Crippen LogP contribution is 2.32. The van der Waals surface area contributed by atoms with Crippen molar-refractivity contribution in [2.24, 2.45) is 0 Å². The summed E-state index contributed by atoms with van der Waals surface area (Å²) < 4.78 is 0. The van der Waals surface area contributed by atoms with E-state index < -0.39 is 0 Å². The van der Waals surface area contributed by atoms with Gasteiger partial charge in [-0.3, -0.25) is 0 Å². The predicted molar refractivity (Wildman–Crippen MR) is 85.5 cm³/mol. The van der Waals surface area contributed by atoms with Crippen LogP contribution in [0.15, 0.2) is 6.07 Å². The summed E-state index contributed by atoms with van der Waals surface area (Å²) >= 11 is 0. The lowest BCUT2D eigenvalue weighted by Gasteiger charge is -2.26. The third kappa shape index (κ3) is 4.07. The van der Waals surface area contributed by atoms with Gasteiger partial charge in [-0.15, -0.1) is 0 Å². The molecule has 0 amide bonds. The van der Waals surface area contributed by atoms with Gasteiger partial charge >= 0.3 is 0 Å². The Labute approximate surface area is 127 Å². The molecule has 5 nitrogen and oxygen atoms in total. The molecule has 0 aromatic carbocycles. The van der Waals surface area contributed by atoms with Crippen molar-refractivity contribution in [2.75, 3.05) is 23.3 Å². The second kappa shape index (κ2) is 6.30. The maximum absolute atomic E-state index is 8.87. The Balaban J connectivity index is 2.35. The molecule has 1 aliphatic carbocycles. The van der Waals surface area contributed by atoms with Gasteiger partial charge in [-0.2, -0.15) is 5.26 Å². The van der Waals surface area contributed by atoms with E-state index >= 15 is 0 Å². The van der Waals surface area contributed by atoms with Crippen LogP contribution < -0.4 is 10.2 Å². The van der Waals surface area contributed by atoms with Crippen molar-refractivity contribution in [1.29, 1.82) is 5.26 Å². The third-order valence-electron chi connectivity index (χ3n) is 3.49. The lowest BCUT2D eigenvalue weighted by atomic mass is 9.96. The van der Waals surface area contributed by atoms with Crippen LogP contribution in [-0.4, -0.2) is 29.1 Å². The van der Waals surface area contributed by atoms with E-state index in [0.717, 1.165) is 30.5 Å². The van der Waals surface area contributed by atoms with Gasteiger partial charge in [0.15, 0.2) is 0 Å². The number of hydrogen-bond donors (Lipinski definition) is 1. The smallest absolute Gasteiger partial charge is 0.138 e. The SMILES string of the molecule is CCNc1cc(N(CCC#N)C2CC2)nc(C(C)(C)C)n1. The number of nitriles is 1. The van der Waals surface area contributed by atoms with Gasteiger partial charge in [0, 0.05) is 30.6 Å². The van der Waals surface area contributed by atoms with Gasteiger partial charge < -0.3 is 10.2 Å². The second-order valence-electron chi connectivity index (χ2n) is 6.55. The molecule has 0 saturated heterocycles. The molecule has 0 spiro atoms. The van der Waals surface area contributed by atoms with Crippen molar-refractivity contribution in [3.8, 4) is 6.07 Å². The Morgan fingerprint density at radius 2 is 2.10 bits per heavy atom.